The van der Waals surface area contributed by atoms with Gasteiger partial charge in [-0.2, -0.15) is 0 Å². The molecule has 0 aliphatic rings. The fourth-order valence-corrected chi connectivity index (χ4v) is 1.07. The quantitative estimate of drug-likeness (QED) is 0.646. The van der Waals surface area contributed by atoms with Crippen LogP contribution >= 0.6 is 0 Å². The highest BCUT2D eigenvalue weighted by atomic mass is 15.0. The molecule has 0 aromatic carbocycles. The van der Waals surface area contributed by atoms with Crippen molar-refractivity contribution in [2.24, 2.45) is 5.73 Å². The third-order valence-corrected chi connectivity index (χ3v) is 1.22. The van der Waals surface area contributed by atoms with Gasteiger partial charge >= 0.3 is 0 Å². The van der Waals surface area contributed by atoms with Gasteiger partial charge in [0.25, 0.3) is 0 Å². The summed E-state index contributed by atoms with van der Waals surface area (Å²) in [4.78, 5) is 0. The maximum atomic E-state index is 5.55. The van der Waals surface area contributed by atoms with E-state index in [1.807, 2.05) is 0 Å². The van der Waals surface area contributed by atoms with Crippen molar-refractivity contribution in [1.82, 2.24) is 5.32 Å². The van der Waals surface area contributed by atoms with E-state index in [4.69, 9.17) is 5.73 Å². The molecule has 0 aromatic rings. The van der Waals surface area contributed by atoms with Crippen LogP contribution in [0.15, 0.2) is 0 Å². The second-order valence-corrected chi connectivity index (χ2v) is 4.46. The van der Waals surface area contributed by atoms with Gasteiger partial charge in [-0.3, -0.25) is 0 Å². The summed E-state index contributed by atoms with van der Waals surface area (Å²) in [6.07, 6.45) is 0. The first-order valence-electron chi connectivity index (χ1n) is 3.76. The van der Waals surface area contributed by atoms with Crippen LogP contribution in [0.2, 0.25) is 0 Å². The molecule has 0 unspecified atom stereocenters. The van der Waals surface area contributed by atoms with Crippen molar-refractivity contribution in [3.8, 4) is 0 Å². The molecule has 0 aliphatic heterocycles. The van der Waals surface area contributed by atoms with E-state index >= 15 is 0 Å². The molecule has 2 heteroatoms. The molecule has 0 bridgehead atoms. The van der Waals surface area contributed by atoms with E-state index in [2.05, 4.69) is 39.9 Å². The topological polar surface area (TPSA) is 38.0 Å². The molecule has 0 atom stereocenters. The highest BCUT2D eigenvalue weighted by molar-refractivity contribution is 4.85. The molecule has 0 saturated heterocycles. The number of hydrogen-bond donors (Lipinski definition) is 2. The average Bonchev–Trinajstić information content (AvgIpc) is 1.60. The number of nitrogens with two attached hydrogens (primary N) is 1. The third-order valence-electron chi connectivity index (χ3n) is 1.22. The zero-order chi connectivity index (χ0) is 8.41. The van der Waals surface area contributed by atoms with Gasteiger partial charge in [-0.05, 0) is 34.6 Å². The molecule has 0 amide bonds. The largest absolute Gasteiger partial charge is 0.329 e. The Bertz CT molecular complexity index is 101. The van der Waals surface area contributed by atoms with Gasteiger partial charge in [0, 0.05) is 17.6 Å². The van der Waals surface area contributed by atoms with Crippen LogP contribution in [0.5, 0.6) is 0 Å². The third kappa shape index (κ3) is 7.82. The molecular weight excluding hydrogens is 136 g/mol. The molecule has 70 valence electrons. The van der Waals surface area contributed by atoms with Crippen molar-refractivity contribution in [3.63, 3.8) is 0 Å². The Morgan fingerprint density at radius 3 is 1.55 bits per heavy atom. The summed E-state index contributed by atoms with van der Waals surface area (Å²) in [5, 5.41) is 3.42. The Labute approximate surface area is 71.6 Å². The van der Waals surface area contributed by atoms with Gasteiger partial charge in [0.1, 0.15) is 0 Å². The van der Waals surface area contributed by atoms with Crippen molar-refractivity contribution in [2.75, 3.05) is 6.54 Å². The van der Waals surface area contributed by atoms with Crippen molar-refractivity contribution in [3.05, 3.63) is 0 Å². The van der Waals surface area contributed by atoms with Crippen molar-refractivity contribution < 1.29 is 0 Å². The van der Waals surface area contributed by atoms with Crippen LogP contribution in [-0.2, 0) is 0 Å². The normalized spacial score (nSPS) is 12.5. The summed E-state index contributed by atoms with van der Waals surface area (Å²) in [5.74, 6) is 0. The molecule has 0 aliphatic carbocycles. The standard InChI is InChI=1S/C8H20N2.CH4/c1-7(2,3)10-8(4,5)6-9;/h10H,6,9H2,1-5H3;1H4. The van der Waals surface area contributed by atoms with Crippen LogP contribution in [0.4, 0.5) is 0 Å². The molecule has 0 radical (unpaired) electrons. The Kier molecular flexibility index (Phi) is 5.00. The van der Waals surface area contributed by atoms with Gasteiger partial charge in [-0.25, -0.2) is 0 Å². The van der Waals surface area contributed by atoms with E-state index in [0.29, 0.717) is 6.54 Å². The van der Waals surface area contributed by atoms with Crippen molar-refractivity contribution >= 4 is 0 Å². The monoisotopic (exact) mass is 160 g/mol. The van der Waals surface area contributed by atoms with Gasteiger partial charge in [0.05, 0.1) is 0 Å². The van der Waals surface area contributed by atoms with Crippen LogP contribution in [0.25, 0.3) is 0 Å². The first kappa shape index (κ1) is 13.5. The Morgan fingerprint density at radius 1 is 1.09 bits per heavy atom. The first-order valence-corrected chi connectivity index (χ1v) is 3.76. The molecule has 3 N–H and O–H groups in total. The van der Waals surface area contributed by atoms with Crippen LogP contribution in [-0.4, -0.2) is 17.6 Å². The number of rotatable bonds is 2. The van der Waals surface area contributed by atoms with Gasteiger partial charge < -0.3 is 11.1 Å². The second kappa shape index (κ2) is 4.07. The van der Waals surface area contributed by atoms with Crippen LogP contribution in [0, 0.1) is 0 Å². The lowest BCUT2D eigenvalue weighted by molar-refractivity contribution is 0.289. The lowest BCUT2D eigenvalue weighted by Gasteiger charge is -2.33. The zero-order valence-corrected chi connectivity index (χ0v) is 7.78. The van der Waals surface area contributed by atoms with E-state index in [-0.39, 0.29) is 18.5 Å². The van der Waals surface area contributed by atoms with Gasteiger partial charge in [-0.1, -0.05) is 7.43 Å². The fraction of sp³-hybridized carbons (Fsp3) is 1.00. The van der Waals surface area contributed by atoms with Gasteiger partial charge in [-0.15, -0.1) is 0 Å². The van der Waals surface area contributed by atoms with E-state index in [1.54, 1.807) is 0 Å². The lowest BCUT2D eigenvalue weighted by Crippen LogP contribution is -2.54. The molecule has 2 nitrogen and oxygen atoms in total. The average molecular weight is 160 g/mol. The Balaban J connectivity index is 0. The highest BCUT2D eigenvalue weighted by Gasteiger charge is 2.21. The minimum atomic E-state index is 0. The molecule has 0 rings (SSSR count). The van der Waals surface area contributed by atoms with E-state index in [0.717, 1.165) is 0 Å². The van der Waals surface area contributed by atoms with Crippen LogP contribution in [0.3, 0.4) is 0 Å². The summed E-state index contributed by atoms with van der Waals surface area (Å²) < 4.78 is 0. The van der Waals surface area contributed by atoms with Crippen molar-refractivity contribution in [2.45, 2.75) is 53.1 Å². The first-order chi connectivity index (χ1) is 4.27. The van der Waals surface area contributed by atoms with E-state index < -0.39 is 0 Å². The fourth-order valence-electron chi connectivity index (χ4n) is 1.07. The molecule has 0 heterocycles. The summed E-state index contributed by atoms with van der Waals surface area (Å²) in [6, 6.07) is 0. The molecule has 0 saturated carbocycles. The molecule has 0 fully saturated rings. The zero-order valence-electron chi connectivity index (χ0n) is 7.78. The van der Waals surface area contributed by atoms with Crippen LogP contribution in [0.1, 0.15) is 42.0 Å². The summed E-state index contributed by atoms with van der Waals surface area (Å²) in [6.45, 7) is 11.3. The van der Waals surface area contributed by atoms with E-state index in [9.17, 15) is 0 Å². The minimum Gasteiger partial charge on any atom is -0.329 e. The smallest absolute Gasteiger partial charge is 0.0252 e. The summed E-state index contributed by atoms with van der Waals surface area (Å²) in [5.41, 5.74) is 5.76. The van der Waals surface area contributed by atoms with Crippen LogP contribution < -0.4 is 11.1 Å². The SMILES string of the molecule is C.CC(C)(C)NC(C)(C)CN. The molecule has 0 spiro atoms. The van der Waals surface area contributed by atoms with Crippen molar-refractivity contribution in [1.29, 1.82) is 0 Å². The maximum absolute atomic E-state index is 5.55. The predicted molar refractivity (Wildman–Crippen MR) is 52.8 cm³/mol. The Hall–Kier alpha value is -0.0800. The second-order valence-electron chi connectivity index (χ2n) is 4.46. The summed E-state index contributed by atoms with van der Waals surface area (Å²) >= 11 is 0. The number of hydrogen-bond acceptors (Lipinski definition) is 2. The van der Waals surface area contributed by atoms with E-state index in [1.165, 1.54) is 0 Å². The maximum Gasteiger partial charge on any atom is 0.0252 e. The number of nitrogens with one attached hydrogen (secondary N) is 1. The van der Waals surface area contributed by atoms with Gasteiger partial charge in [0.15, 0.2) is 0 Å². The minimum absolute atomic E-state index is 0. The van der Waals surface area contributed by atoms with Gasteiger partial charge in [0.2, 0.25) is 0 Å². The molecular formula is C9H24N2. The summed E-state index contributed by atoms with van der Waals surface area (Å²) in [7, 11) is 0. The lowest BCUT2D eigenvalue weighted by atomic mass is 9.99. The molecule has 11 heavy (non-hydrogen) atoms. The predicted octanol–water partition coefficient (Wildman–Crippen LogP) is 1.75. The highest BCUT2D eigenvalue weighted by Crippen LogP contribution is 2.07. The Morgan fingerprint density at radius 2 is 1.45 bits per heavy atom. The molecule has 0 aromatic heterocycles.